The molecule has 2 unspecified atom stereocenters. The average molecular weight is 436 g/mol. The predicted octanol–water partition coefficient (Wildman–Crippen LogP) is 1.47. The van der Waals surface area contributed by atoms with Crippen molar-refractivity contribution in [1.82, 2.24) is 0 Å². The summed E-state index contributed by atoms with van der Waals surface area (Å²) in [7, 11) is 1.39. The normalized spacial score (nSPS) is 32.7. The molecule has 9 nitrogen and oxygen atoms in total. The topological polar surface area (TPSA) is 110 Å². The van der Waals surface area contributed by atoms with Crippen molar-refractivity contribution < 1.29 is 43.1 Å². The molecule has 1 saturated heterocycles. The average Bonchev–Trinajstić information content (AvgIpc) is 2.73. The van der Waals surface area contributed by atoms with E-state index in [1.165, 1.54) is 33.3 Å². The van der Waals surface area contributed by atoms with Crippen LogP contribution in [0.15, 0.2) is 42.7 Å². The van der Waals surface area contributed by atoms with Gasteiger partial charge in [-0.2, -0.15) is 0 Å². The van der Waals surface area contributed by atoms with Gasteiger partial charge in [-0.15, -0.1) is 0 Å². The second-order valence-corrected chi connectivity index (χ2v) is 7.42. The zero-order valence-electron chi connectivity index (χ0n) is 17.7. The monoisotopic (exact) mass is 436 g/mol. The van der Waals surface area contributed by atoms with Crippen molar-refractivity contribution >= 4 is 11.9 Å². The molecule has 2 aliphatic heterocycles. The smallest absolute Gasteiger partial charge is 0.303 e. The van der Waals surface area contributed by atoms with E-state index in [1.807, 2.05) is 30.3 Å². The maximum absolute atomic E-state index is 11.9. The Hall–Kier alpha value is -2.46. The van der Waals surface area contributed by atoms with Crippen LogP contribution in [0.2, 0.25) is 0 Å². The Labute approximate surface area is 180 Å². The number of carbonyl (C=O) groups excluding carboxylic acids is 2. The molecule has 31 heavy (non-hydrogen) atoms. The molecule has 0 bridgehead atoms. The van der Waals surface area contributed by atoms with E-state index in [0.717, 1.165) is 5.56 Å². The summed E-state index contributed by atoms with van der Waals surface area (Å²) in [5.74, 6) is -1.16. The molecule has 0 aliphatic carbocycles. The van der Waals surface area contributed by atoms with E-state index >= 15 is 0 Å². The predicted molar refractivity (Wildman–Crippen MR) is 106 cm³/mol. The summed E-state index contributed by atoms with van der Waals surface area (Å²) >= 11 is 0. The molecule has 0 amide bonds. The first-order valence-electron chi connectivity index (χ1n) is 10.1. The summed E-state index contributed by atoms with van der Waals surface area (Å²) in [6, 6.07) is 9.44. The van der Waals surface area contributed by atoms with Crippen LogP contribution in [0.25, 0.3) is 0 Å². The Kier molecular flexibility index (Phi) is 8.03. The summed E-state index contributed by atoms with van der Waals surface area (Å²) in [4.78, 5) is 23.6. The van der Waals surface area contributed by atoms with Crippen LogP contribution >= 0.6 is 0 Å². The van der Waals surface area contributed by atoms with Crippen molar-refractivity contribution in [3.8, 4) is 0 Å². The van der Waals surface area contributed by atoms with E-state index in [4.69, 9.17) is 28.4 Å². The number of benzene rings is 1. The van der Waals surface area contributed by atoms with Gasteiger partial charge in [-0.25, -0.2) is 0 Å². The third-order valence-corrected chi connectivity index (χ3v) is 5.05. The van der Waals surface area contributed by atoms with Crippen LogP contribution in [0, 0.1) is 0 Å². The number of hydrogen-bond donors (Lipinski definition) is 1. The van der Waals surface area contributed by atoms with Gasteiger partial charge in [0.15, 0.2) is 18.5 Å². The van der Waals surface area contributed by atoms with E-state index < -0.39 is 54.9 Å². The summed E-state index contributed by atoms with van der Waals surface area (Å²) in [5.41, 5.74) is 0.894. The number of methoxy groups -OCH3 is 1. The molecule has 1 aromatic carbocycles. The zero-order chi connectivity index (χ0) is 22.4. The lowest BCUT2D eigenvalue weighted by molar-refractivity contribution is -0.317. The highest BCUT2D eigenvalue weighted by molar-refractivity contribution is 5.67. The van der Waals surface area contributed by atoms with Crippen molar-refractivity contribution in [2.24, 2.45) is 0 Å². The van der Waals surface area contributed by atoms with Crippen LogP contribution in [0.5, 0.6) is 0 Å². The lowest BCUT2D eigenvalue weighted by Crippen LogP contribution is -2.64. The van der Waals surface area contributed by atoms with Crippen LogP contribution in [0.4, 0.5) is 0 Å². The molecule has 7 atom stereocenters. The van der Waals surface area contributed by atoms with E-state index in [9.17, 15) is 14.7 Å². The second-order valence-electron chi connectivity index (χ2n) is 7.42. The van der Waals surface area contributed by atoms with Crippen LogP contribution in [0.3, 0.4) is 0 Å². The molecule has 0 aromatic heterocycles. The molecule has 0 saturated carbocycles. The first-order chi connectivity index (χ1) is 14.9. The molecule has 2 aliphatic rings. The molecule has 9 heteroatoms. The number of ether oxygens (including phenoxy) is 6. The second kappa shape index (κ2) is 10.7. The van der Waals surface area contributed by atoms with Gasteiger partial charge in [0, 0.05) is 27.4 Å². The van der Waals surface area contributed by atoms with Crippen LogP contribution in [0.1, 0.15) is 25.8 Å². The van der Waals surface area contributed by atoms with Crippen molar-refractivity contribution in [2.45, 2.75) is 69.8 Å². The fourth-order valence-corrected chi connectivity index (χ4v) is 3.74. The molecule has 1 aromatic rings. The van der Waals surface area contributed by atoms with Crippen molar-refractivity contribution in [1.29, 1.82) is 0 Å². The first kappa shape index (κ1) is 23.2. The minimum atomic E-state index is -1.05. The maximum atomic E-state index is 11.9. The summed E-state index contributed by atoms with van der Waals surface area (Å²) in [6.07, 6.45) is -2.88. The number of carbonyl (C=O) groups is 2. The Morgan fingerprint density at radius 3 is 2.35 bits per heavy atom. The Morgan fingerprint density at radius 2 is 1.74 bits per heavy atom. The molecule has 170 valence electrons. The zero-order valence-corrected chi connectivity index (χ0v) is 17.7. The third-order valence-electron chi connectivity index (χ3n) is 5.05. The Morgan fingerprint density at radius 1 is 1.06 bits per heavy atom. The van der Waals surface area contributed by atoms with Gasteiger partial charge in [-0.1, -0.05) is 30.3 Å². The standard InChI is InChI=1S/C22H28O9/c1-13(23)29-20-19(28-12-15-7-5-4-6-8-15)18(17-11-16(25)9-10-27-17)31-22(26-3)21(20)30-14(2)24/h4-10,16-22,25H,11-12H2,1-3H3/t16?,17?,18-,19-,20+,21-,22+/m1/s1. The van der Waals surface area contributed by atoms with Crippen LogP contribution < -0.4 is 0 Å². The number of aliphatic hydroxyl groups excluding tert-OH is 1. The molecular formula is C22H28O9. The number of esters is 2. The highest BCUT2D eigenvalue weighted by Crippen LogP contribution is 2.34. The quantitative estimate of drug-likeness (QED) is 0.635. The third kappa shape index (κ3) is 6.04. The van der Waals surface area contributed by atoms with Crippen LogP contribution in [-0.4, -0.2) is 67.1 Å². The van der Waals surface area contributed by atoms with Gasteiger partial charge < -0.3 is 33.5 Å². The highest BCUT2D eigenvalue weighted by Gasteiger charge is 2.54. The molecule has 1 N–H and O–H groups in total. The maximum Gasteiger partial charge on any atom is 0.303 e. The largest absolute Gasteiger partial charge is 0.495 e. The molecule has 2 heterocycles. The lowest BCUT2D eigenvalue weighted by atomic mass is 9.91. The number of aliphatic hydroxyl groups is 1. The van der Waals surface area contributed by atoms with Gasteiger partial charge in [0.25, 0.3) is 0 Å². The minimum absolute atomic E-state index is 0.193. The summed E-state index contributed by atoms with van der Waals surface area (Å²) in [6.45, 7) is 2.70. The highest BCUT2D eigenvalue weighted by atomic mass is 16.7. The first-order valence-corrected chi connectivity index (χ1v) is 10.1. The lowest BCUT2D eigenvalue weighted by Gasteiger charge is -2.46. The Bertz CT molecular complexity index is 766. The Balaban J connectivity index is 1.92. The van der Waals surface area contributed by atoms with Crippen LogP contribution in [-0.2, 0) is 44.6 Å². The summed E-state index contributed by atoms with van der Waals surface area (Å²) < 4.78 is 34.2. The van der Waals surface area contributed by atoms with Gasteiger partial charge in [-0.05, 0) is 11.6 Å². The van der Waals surface area contributed by atoms with Gasteiger partial charge in [0.2, 0.25) is 0 Å². The van der Waals surface area contributed by atoms with Crippen molar-refractivity contribution in [3.63, 3.8) is 0 Å². The molecule has 0 spiro atoms. The molecule has 3 rings (SSSR count). The number of hydrogen-bond acceptors (Lipinski definition) is 9. The van der Waals surface area contributed by atoms with Gasteiger partial charge in [-0.3, -0.25) is 9.59 Å². The van der Waals surface area contributed by atoms with Gasteiger partial charge in [0.05, 0.1) is 19.0 Å². The van der Waals surface area contributed by atoms with E-state index in [0.29, 0.717) is 0 Å². The summed E-state index contributed by atoms with van der Waals surface area (Å²) in [5, 5.41) is 10.1. The number of rotatable bonds is 7. The molecule has 0 radical (unpaired) electrons. The molecule has 1 fully saturated rings. The fraction of sp³-hybridized carbons (Fsp3) is 0.545. The van der Waals surface area contributed by atoms with Gasteiger partial charge in [0.1, 0.15) is 18.3 Å². The van der Waals surface area contributed by atoms with Gasteiger partial charge >= 0.3 is 11.9 Å². The van der Waals surface area contributed by atoms with Crippen molar-refractivity contribution in [2.75, 3.05) is 7.11 Å². The minimum Gasteiger partial charge on any atom is -0.495 e. The van der Waals surface area contributed by atoms with E-state index in [-0.39, 0.29) is 13.0 Å². The molecular weight excluding hydrogens is 408 g/mol. The van der Waals surface area contributed by atoms with E-state index in [1.54, 1.807) is 0 Å². The van der Waals surface area contributed by atoms with E-state index in [2.05, 4.69) is 0 Å². The SMILES string of the molecule is CO[C@H]1O[C@H](C2CC(O)C=CO2)[C@@H](OCc2ccccc2)[C@H](OC(C)=O)[C@H]1OC(C)=O. The fourth-order valence-electron chi connectivity index (χ4n) is 3.74. The van der Waals surface area contributed by atoms with Crippen molar-refractivity contribution in [3.05, 3.63) is 48.2 Å².